The van der Waals surface area contributed by atoms with Gasteiger partial charge in [0.25, 0.3) is 0 Å². The fraction of sp³-hybridized carbons (Fsp3) is 0.192. The van der Waals surface area contributed by atoms with Crippen LogP contribution in [-0.4, -0.2) is 17.0 Å². The molecule has 0 saturated carbocycles. The van der Waals surface area contributed by atoms with Gasteiger partial charge in [0.1, 0.15) is 0 Å². The Morgan fingerprint density at radius 3 is 2.41 bits per heavy atom. The largest absolute Gasteiger partial charge is 0.459 e. The third-order valence-electron chi connectivity index (χ3n) is 5.12. The van der Waals surface area contributed by atoms with Crippen molar-refractivity contribution >= 4 is 12.0 Å². The SMILES string of the molecule is CC(C)OC(=O)c1ccccc1CN1C=Cc2ccccc2C1c1ccccc1. The summed E-state index contributed by atoms with van der Waals surface area (Å²) >= 11 is 0. The molecule has 1 aliphatic rings. The Kier molecular flexibility index (Phi) is 5.48. The third-order valence-corrected chi connectivity index (χ3v) is 5.12. The first-order chi connectivity index (χ1) is 14.1. The Bertz CT molecular complexity index is 1020. The van der Waals surface area contributed by atoms with Crippen molar-refractivity contribution < 1.29 is 9.53 Å². The van der Waals surface area contributed by atoms with Gasteiger partial charge in [0, 0.05) is 12.7 Å². The molecule has 146 valence electrons. The average molecular weight is 383 g/mol. The molecule has 1 atom stereocenters. The predicted octanol–water partition coefficient (Wildman–Crippen LogP) is 5.83. The number of nitrogens with zero attached hydrogens (tertiary/aromatic N) is 1. The van der Waals surface area contributed by atoms with Gasteiger partial charge in [-0.3, -0.25) is 0 Å². The van der Waals surface area contributed by atoms with E-state index < -0.39 is 0 Å². The Balaban J connectivity index is 1.71. The van der Waals surface area contributed by atoms with Crippen molar-refractivity contribution in [1.29, 1.82) is 0 Å². The van der Waals surface area contributed by atoms with Gasteiger partial charge < -0.3 is 9.64 Å². The maximum absolute atomic E-state index is 12.6. The van der Waals surface area contributed by atoms with Crippen LogP contribution in [0.25, 0.3) is 6.08 Å². The van der Waals surface area contributed by atoms with E-state index in [9.17, 15) is 4.79 Å². The van der Waals surface area contributed by atoms with E-state index in [4.69, 9.17) is 4.74 Å². The second-order valence-corrected chi connectivity index (χ2v) is 7.54. The highest BCUT2D eigenvalue weighted by atomic mass is 16.5. The summed E-state index contributed by atoms with van der Waals surface area (Å²) in [6.07, 6.45) is 4.13. The highest BCUT2D eigenvalue weighted by molar-refractivity contribution is 5.91. The molecule has 0 fully saturated rings. The van der Waals surface area contributed by atoms with Gasteiger partial charge >= 0.3 is 5.97 Å². The number of hydrogen-bond donors (Lipinski definition) is 0. The first-order valence-corrected chi connectivity index (χ1v) is 10.00. The van der Waals surface area contributed by atoms with Crippen LogP contribution in [0.4, 0.5) is 0 Å². The fourth-order valence-corrected chi connectivity index (χ4v) is 3.83. The number of rotatable bonds is 5. The van der Waals surface area contributed by atoms with E-state index in [1.54, 1.807) is 0 Å². The lowest BCUT2D eigenvalue weighted by Crippen LogP contribution is -2.28. The van der Waals surface area contributed by atoms with Crippen LogP contribution >= 0.6 is 0 Å². The molecule has 0 saturated heterocycles. The smallest absolute Gasteiger partial charge is 0.338 e. The van der Waals surface area contributed by atoms with Crippen molar-refractivity contribution in [2.75, 3.05) is 0 Å². The van der Waals surface area contributed by atoms with E-state index in [0.717, 1.165) is 5.56 Å². The van der Waals surface area contributed by atoms with Crippen molar-refractivity contribution in [3.8, 4) is 0 Å². The summed E-state index contributed by atoms with van der Waals surface area (Å²) in [7, 11) is 0. The molecule has 4 rings (SSSR count). The van der Waals surface area contributed by atoms with Gasteiger partial charge in [-0.2, -0.15) is 0 Å². The fourth-order valence-electron chi connectivity index (χ4n) is 3.83. The van der Waals surface area contributed by atoms with Crippen molar-refractivity contribution in [2.45, 2.75) is 32.5 Å². The van der Waals surface area contributed by atoms with Crippen LogP contribution in [0.5, 0.6) is 0 Å². The minimum atomic E-state index is -0.270. The molecule has 3 heteroatoms. The minimum Gasteiger partial charge on any atom is -0.459 e. The maximum atomic E-state index is 12.6. The predicted molar refractivity (Wildman–Crippen MR) is 116 cm³/mol. The number of carbonyl (C=O) groups is 1. The molecule has 0 N–H and O–H groups in total. The molecule has 3 aromatic carbocycles. The van der Waals surface area contributed by atoms with Crippen molar-refractivity contribution in [2.24, 2.45) is 0 Å². The molecule has 1 heterocycles. The van der Waals surface area contributed by atoms with Gasteiger partial charge in [-0.1, -0.05) is 72.8 Å². The highest BCUT2D eigenvalue weighted by Gasteiger charge is 2.26. The van der Waals surface area contributed by atoms with Gasteiger partial charge in [0.15, 0.2) is 0 Å². The molecule has 3 aromatic rings. The van der Waals surface area contributed by atoms with Gasteiger partial charge in [0.2, 0.25) is 0 Å². The molecule has 0 bridgehead atoms. The van der Waals surface area contributed by atoms with Crippen molar-refractivity contribution in [3.63, 3.8) is 0 Å². The lowest BCUT2D eigenvalue weighted by Gasteiger charge is -2.35. The molecule has 29 heavy (non-hydrogen) atoms. The number of hydrogen-bond acceptors (Lipinski definition) is 3. The minimum absolute atomic E-state index is 0.0894. The second-order valence-electron chi connectivity index (χ2n) is 7.54. The highest BCUT2D eigenvalue weighted by Crippen LogP contribution is 2.36. The molecular weight excluding hydrogens is 358 g/mol. The van der Waals surface area contributed by atoms with E-state index >= 15 is 0 Å². The van der Waals surface area contributed by atoms with E-state index in [0.29, 0.717) is 12.1 Å². The number of carbonyl (C=O) groups excluding carboxylic acids is 1. The third kappa shape index (κ3) is 4.09. The summed E-state index contributed by atoms with van der Waals surface area (Å²) in [4.78, 5) is 14.9. The van der Waals surface area contributed by atoms with Gasteiger partial charge in [-0.25, -0.2) is 4.79 Å². The zero-order chi connectivity index (χ0) is 20.2. The summed E-state index contributed by atoms with van der Waals surface area (Å²) in [5.41, 5.74) is 5.31. The summed E-state index contributed by atoms with van der Waals surface area (Å²) < 4.78 is 5.46. The normalized spacial score (nSPS) is 15.3. The molecule has 1 unspecified atom stereocenters. The van der Waals surface area contributed by atoms with Gasteiger partial charge in [0.05, 0.1) is 17.7 Å². The van der Waals surface area contributed by atoms with E-state index in [-0.39, 0.29) is 18.1 Å². The molecular formula is C26H25NO2. The van der Waals surface area contributed by atoms with E-state index in [1.807, 2.05) is 44.2 Å². The van der Waals surface area contributed by atoms with Crippen LogP contribution in [0.1, 0.15) is 52.5 Å². The van der Waals surface area contributed by atoms with Gasteiger partial charge in [-0.05, 0) is 48.2 Å². The molecule has 0 spiro atoms. The molecule has 1 aliphatic heterocycles. The average Bonchev–Trinajstić information content (AvgIpc) is 2.74. The maximum Gasteiger partial charge on any atom is 0.338 e. The zero-order valence-corrected chi connectivity index (χ0v) is 16.8. The van der Waals surface area contributed by atoms with Crippen molar-refractivity contribution in [1.82, 2.24) is 4.90 Å². The Morgan fingerprint density at radius 2 is 1.62 bits per heavy atom. The number of esters is 1. The first-order valence-electron chi connectivity index (χ1n) is 10.00. The van der Waals surface area contributed by atoms with Crippen LogP contribution in [0.2, 0.25) is 0 Å². The lowest BCUT2D eigenvalue weighted by atomic mass is 9.90. The van der Waals surface area contributed by atoms with Crippen LogP contribution < -0.4 is 0 Å². The standard InChI is InChI=1S/C26H25NO2/c1-19(2)29-26(28)24-15-9-7-13-22(24)18-27-17-16-20-10-6-8-14-23(20)25(27)21-11-4-3-5-12-21/h3-17,19,25H,18H2,1-2H3. The molecule has 0 aromatic heterocycles. The van der Waals surface area contributed by atoms with Crippen LogP contribution in [0.15, 0.2) is 85.1 Å². The molecule has 0 amide bonds. The van der Waals surface area contributed by atoms with Crippen LogP contribution in [0, 0.1) is 0 Å². The quantitative estimate of drug-likeness (QED) is 0.519. The topological polar surface area (TPSA) is 29.5 Å². The number of benzene rings is 3. The second kappa shape index (κ2) is 8.36. The summed E-state index contributed by atoms with van der Waals surface area (Å²) in [6.45, 7) is 4.36. The van der Waals surface area contributed by atoms with E-state index in [1.165, 1.54) is 16.7 Å². The molecule has 3 nitrogen and oxygen atoms in total. The zero-order valence-electron chi connectivity index (χ0n) is 16.8. The summed E-state index contributed by atoms with van der Waals surface area (Å²) in [6, 6.07) is 26.8. The van der Waals surface area contributed by atoms with Crippen LogP contribution in [-0.2, 0) is 11.3 Å². The monoisotopic (exact) mass is 383 g/mol. The van der Waals surface area contributed by atoms with Crippen LogP contribution in [0.3, 0.4) is 0 Å². The molecule has 0 radical (unpaired) electrons. The lowest BCUT2D eigenvalue weighted by molar-refractivity contribution is 0.0375. The Labute approximate surface area is 172 Å². The van der Waals surface area contributed by atoms with Gasteiger partial charge in [-0.15, -0.1) is 0 Å². The first kappa shape index (κ1) is 19.0. The summed E-state index contributed by atoms with van der Waals surface area (Å²) in [5.74, 6) is -0.270. The molecule has 0 aliphatic carbocycles. The van der Waals surface area contributed by atoms with E-state index in [2.05, 4.69) is 65.7 Å². The number of fused-ring (bicyclic) bond motifs is 1. The Hall–Kier alpha value is -3.33. The number of ether oxygens (including phenoxy) is 1. The van der Waals surface area contributed by atoms with Crippen molar-refractivity contribution in [3.05, 3.63) is 113 Å². The summed E-state index contributed by atoms with van der Waals surface area (Å²) in [5, 5.41) is 0. The Morgan fingerprint density at radius 1 is 0.931 bits per heavy atom.